The van der Waals surface area contributed by atoms with Crippen molar-refractivity contribution in [1.82, 2.24) is 10.2 Å². The molecule has 1 fully saturated rings. The molecule has 0 bridgehead atoms. The molecule has 2 aromatic rings. The number of esters is 1. The number of anilines is 1. The van der Waals surface area contributed by atoms with Gasteiger partial charge in [0, 0.05) is 12.2 Å². The topological polar surface area (TPSA) is 105 Å². The van der Waals surface area contributed by atoms with Crippen LogP contribution in [0, 0.1) is 5.82 Å². The number of hydrogen-bond donors (Lipinski definition) is 1. The minimum atomic E-state index is -1.36. The Labute approximate surface area is 190 Å². The van der Waals surface area contributed by atoms with Crippen molar-refractivity contribution in [2.24, 2.45) is 0 Å². The fourth-order valence-corrected chi connectivity index (χ4v) is 3.48. The second kappa shape index (κ2) is 9.68. The van der Waals surface area contributed by atoms with Gasteiger partial charge in [-0.2, -0.15) is 0 Å². The molecule has 0 saturated carbocycles. The number of likely N-dealkylation sites (N-methyl/N-ethyl adjacent to an activating group) is 1. The first-order valence-electron chi connectivity index (χ1n) is 10.2. The average Bonchev–Trinajstić information content (AvgIpc) is 3.03. The maximum Gasteiger partial charge on any atom is 0.326 e. The molecule has 33 heavy (non-hydrogen) atoms. The van der Waals surface area contributed by atoms with Crippen LogP contribution in [0.2, 0.25) is 0 Å². The van der Waals surface area contributed by atoms with Crippen LogP contribution in [0.4, 0.5) is 14.9 Å². The quantitative estimate of drug-likeness (QED) is 0.481. The zero-order valence-corrected chi connectivity index (χ0v) is 18.5. The van der Waals surface area contributed by atoms with Crippen LogP contribution in [0.25, 0.3) is 0 Å². The normalized spacial score (nSPS) is 17.5. The van der Waals surface area contributed by atoms with Crippen LogP contribution in [-0.2, 0) is 24.7 Å². The second-order valence-corrected chi connectivity index (χ2v) is 7.45. The number of nitrogens with one attached hydrogen (secondary N) is 1. The number of methoxy groups -OCH3 is 1. The van der Waals surface area contributed by atoms with Crippen molar-refractivity contribution in [3.05, 3.63) is 59.9 Å². The van der Waals surface area contributed by atoms with Crippen molar-refractivity contribution >= 4 is 29.5 Å². The Balaban J connectivity index is 1.61. The van der Waals surface area contributed by atoms with Crippen LogP contribution in [0.5, 0.6) is 5.75 Å². The lowest BCUT2D eigenvalue weighted by molar-refractivity contribution is -0.150. The number of urea groups is 1. The number of halogens is 1. The maximum atomic E-state index is 13.1. The van der Waals surface area contributed by atoms with Crippen LogP contribution in [0.15, 0.2) is 48.5 Å². The highest BCUT2D eigenvalue weighted by Crippen LogP contribution is 2.30. The van der Waals surface area contributed by atoms with Crippen molar-refractivity contribution in [2.75, 3.05) is 31.7 Å². The number of benzene rings is 2. The molecule has 1 aliphatic heterocycles. The summed E-state index contributed by atoms with van der Waals surface area (Å²) in [6, 6.07) is 11.2. The molecule has 0 spiro atoms. The number of carbonyl (C=O) groups excluding carboxylic acids is 4. The Morgan fingerprint density at radius 3 is 2.30 bits per heavy atom. The van der Waals surface area contributed by atoms with Gasteiger partial charge in [-0.25, -0.2) is 9.18 Å². The molecule has 1 atom stereocenters. The lowest BCUT2D eigenvalue weighted by Crippen LogP contribution is -2.42. The Bertz CT molecular complexity index is 1060. The highest BCUT2D eigenvalue weighted by atomic mass is 19.1. The summed E-state index contributed by atoms with van der Waals surface area (Å²) in [6.07, 6.45) is 0. The second-order valence-electron chi connectivity index (χ2n) is 7.45. The molecule has 10 heteroatoms. The fourth-order valence-electron chi connectivity index (χ4n) is 3.48. The summed E-state index contributed by atoms with van der Waals surface area (Å²) in [7, 11) is 1.51. The van der Waals surface area contributed by atoms with E-state index in [1.807, 2.05) is 0 Å². The lowest BCUT2D eigenvalue weighted by Gasteiger charge is -2.22. The van der Waals surface area contributed by atoms with Gasteiger partial charge in [-0.05, 0) is 55.8 Å². The van der Waals surface area contributed by atoms with E-state index in [1.54, 1.807) is 31.2 Å². The fraction of sp³-hybridized carbons (Fsp3) is 0.304. The van der Waals surface area contributed by atoms with Crippen molar-refractivity contribution in [3.8, 4) is 5.75 Å². The van der Waals surface area contributed by atoms with Crippen LogP contribution < -0.4 is 15.0 Å². The number of nitrogens with zero attached hydrogens (tertiary/aromatic N) is 2. The molecular weight excluding hydrogens is 433 g/mol. The molecule has 174 valence electrons. The maximum absolute atomic E-state index is 13.1. The molecule has 4 amide bonds. The standard InChI is InChI=1S/C23H24FN3O6/c1-4-26(17-9-7-16(24)8-10-17)19(28)14-33-20(29)13-27-21(30)23(2,25-22(27)31)15-5-11-18(32-3)12-6-15/h5-12H,4,13-14H2,1-3H3,(H,25,31)/t23-/m1/s1. The van der Waals surface area contributed by atoms with E-state index in [9.17, 15) is 23.6 Å². The summed E-state index contributed by atoms with van der Waals surface area (Å²) in [6.45, 7) is 2.28. The minimum Gasteiger partial charge on any atom is -0.497 e. The Morgan fingerprint density at radius 1 is 1.09 bits per heavy atom. The van der Waals surface area contributed by atoms with Crippen LogP contribution in [-0.4, -0.2) is 55.5 Å². The van der Waals surface area contributed by atoms with E-state index in [2.05, 4.69) is 5.32 Å². The van der Waals surface area contributed by atoms with Gasteiger partial charge in [0.2, 0.25) is 0 Å². The monoisotopic (exact) mass is 457 g/mol. The number of imide groups is 1. The highest BCUT2D eigenvalue weighted by molar-refractivity contribution is 6.09. The highest BCUT2D eigenvalue weighted by Gasteiger charge is 2.49. The lowest BCUT2D eigenvalue weighted by atomic mass is 9.92. The number of amides is 4. The van der Waals surface area contributed by atoms with E-state index in [1.165, 1.54) is 43.2 Å². The first kappa shape index (κ1) is 23.7. The van der Waals surface area contributed by atoms with Gasteiger partial charge in [-0.1, -0.05) is 12.1 Å². The van der Waals surface area contributed by atoms with Gasteiger partial charge < -0.3 is 19.7 Å². The van der Waals surface area contributed by atoms with E-state index in [0.717, 1.165) is 4.90 Å². The summed E-state index contributed by atoms with van der Waals surface area (Å²) >= 11 is 0. The summed E-state index contributed by atoms with van der Waals surface area (Å²) in [5.41, 5.74) is -0.393. The summed E-state index contributed by atoms with van der Waals surface area (Å²) in [5.74, 6) is -1.92. The predicted molar refractivity (Wildman–Crippen MR) is 116 cm³/mol. The van der Waals surface area contributed by atoms with Crippen molar-refractivity contribution in [2.45, 2.75) is 19.4 Å². The molecule has 2 aromatic carbocycles. The number of rotatable bonds is 8. The first-order valence-corrected chi connectivity index (χ1v) is 10.2. The Morgan fingerprint density at radius 2 is 1.73 bits per heavy atom. The minimum absolute atomic E-state index is 0.273. The molecular formula is C23H24FN3O6. The number of carbonyl (C=O) groups is 4. The molecule has 0 aromatic heterocycles. The predicted octanol–water partition coefficient (Wildman–Crippen LogP) is 2.20. The largest absolute Gasteiger partial charge is 0.497 e. The third-order valence-corrected chi connectivity index (χ3v) is 5.34. The molecule has 1 N–H and O–H groups in total. The molecule has 0 radical (unpaired) electrons. The third kappa shape index (κ3) is 4.94. The summed E-state index contributed by atoms with van der Waals surface area (Å²) < 4.78 is 23.2. The summed E-state index contributed by atoms with van der Waals surface area (Å²) in [5, 5.41) is 2.59. The first-order chi connectivity index (χ1) is 15.7. The SMILES string of the molecule is CCN(C(=O)COC(=O)CN1C(=O)N[C@](C)(c2ccc(OC)cc2)C1=O)c1ccc(F)cc1. The molecule has 1 heterocycles. The van der Waals surface area contributed by atoms with E-state index in [4.69, 9.17) is 9.47 Å². The molecule has 9 nitrogen and oxygen atoms in total. The van der Waals surface area contributed by atoms with Gasteiger partial charge >= 0.3 is 12.0 Å². The zero-order valence-electron chi connectivity index (χ0n) is 18.5. The van der Waals surface area contributed by atoms with Gasteiger partial charge in [-0.15, -0.1) is 0 Å². The number of ether oxygens (including phenoxy) is 2. The summed E-state index contributed by atoms with van der Waals surface area (Å²) in [4.78, 5) is 52.1. The third-order valence-electron chi connectivity index (χ3n) is 5.34. The van der Waals surface area contributed by atoms with E-state index >= 15 is 0 Å². The van der Waals surface area contributed by atoms with Gasteiger partial charge in [0.15, 0.2) is 6.61 Å². The molecule has 0 unspecified atom stereocenters. The molecule has 3 rings (SSSR count). The average molecular weight is 457 g/mol. The number of hydrogen-bond acceptors (Lipinski definition) is 6. The zero-order chi connectivity index (χ0) is 24.2. The van der Waals surface area contributed by atoms with Crippen molar-refractivity contribution < 1.29 is 33.0 Å². The van der Waals surface area contributed by atoms with Gasteiger partial charge in [0.1, 0.15) is 23.7 Å². The Kier molecular flexibility index (Phi) is 6.95. The van der Waals surface area contributed by atoms with E-state index < -0.39 is 48.3 Å². The van der Waals surface area contributed by atoms with Crippen LogP contribution in [0.1, 0.15) is 19.4 Å². The van der Waals surface area contributed by atoms with E-state index in [0.29, 0.717) is 17.0 Å². The van der Waals surface area contributed by atoms with Crippen LogP contribution >= 0.6 is 0 Å². The Hall–Kier alpha value is -3.95. The van der Waals surface area contributed by atoms with Crippen molar-refractivity contribution in [1.29, 1.82) is 0 Å². The molecule has 1 saturated heterocycles. The van der Waals surface area contributed by atoms with Crippen molar-refractivity contribution in [3.63, 3.8) is 0 Å². The molecule has 1 aliphatic rings. The van der Waals surface area contributed by atoms with Gasteiger partial charge in [0.05, 0.1) is 7.11 Å². The van der Waals surface area contributed by atoms with E-state index in [-0.39, 0.29) is 6.54 Å². The van der Waals surface area contributed by atoms with Gasteiger partial charge in [0.25, 0.3) is 11.8 Å². The molecule has 0 aliphatic carbocycles. The van der Waals surface area contributed by atoms with Crippen LogP contribution in [0.3, 0.4) is 0 Å². The van der Waals surface area contributed by atoms with Gasteiger partial charge in [-0.3, -0.25) is 19.3 Å². The smallest absolute Gasteiger partial charge is 0.326 e.